The fourth-order valence-corrected chi connectivity index (χ4v) is 9.94. The molecule has 0 aliphatic rings. The van der Waals surface area contributed by atoms with Crippen molar-refractivity contribution in [3.8, 4) is 0 Å². The second-order valence-electron chi connectivity index (χ2n) is 10.7. The molecule has 0 saturated heterocycles. The maximum absolute atomic E-state index is 13.2. The third-order valence-corrected chi connectivity index (χ3v) is 12.0. The molecule has 0 heterocycles. The zero-order chi connectivity index (χ0) is 27.1. The molecule has 0 fully saturated rings. The lowest BCUT2D eigenvalue weighted by atomic mass is 9.78. The standard InChI is InChI=1S/C29H49I2N3O2/c1-7-9-13-16-29(5,6)19-21(3)22(4)31-26(30)18-25(34-27(35)8-2)28(36)33-24(20-32)17-23-14-11-10-12-15-23/h10-12,14-15,21-22,24-25H,7-9,13,16-20,32H2,1-6H3,(H,33,36)(H,34,35)/t21-,22?,24-,25-/m0/s1. The Kier molecular flexibility index (Phi) is 16.6. The zero-order valence-corrected chi connectivity index (χ0v) is 27.5. The summed E-state index contributed by atoms with van der Waals surface area (Å²) in [6, 6.07) is 9.32. The molecule has 0 aliphatic carbocycles. The van der Waals surface area contributed by atoms with Gasteiger partial charge in [0.1, 0.15) is 6.04 Å². The number of halogens is 2. The number of unbranched alkanes of at least 4 members (excludes halogenated alkanes) is 2. The highest BCUT2D eigenvalue weighted by atomic mass is 127. The van der Waals surface area contributed by atoms with E-state index in [2.05, 4.69) is 67.8 Å². The van der Waals surface area contributed by atoms with Crippen LogP contribution in [0.25, 0.3) is 0 Å². The minimum Gasteiger partial charge on any atom is -0.350 e. The minimum absolute atomic E-state index is 0.0971. The summed E-state index contributed by atoms with van der Waals surface area (Å²) in [4.78, 5) is 25.5. The maximum Gasteiger partial charge on any atom is 0.243 e. The molecule has 36 heavy (non-hydrogen) atoms. The van der Waals surface area contributed by atoms with Crippen LogP contribution in [0.2, 0.25) is 0 Å². The SMILES string of the molecule is CCCCCC(C)(C)C[C@H](C)C(C)I=C(I)C[C@H](NC(=O)CC)C(=O)N[C@H](CN)Cc1ccccc1. The molecule has 2 amide bonds. The first-order valence-corrected chi connectivity index (χ1v) is 16.9. The number of hydrogen-bond acceptors (Lipinski definition) is 3. The Morgan fingerprint density at radius 3 is 2.33 bits per heavy atom. The van der Waals surface area contributed by atoms with Gasteiger partial charge in [-0.15, -0.1) is 20.7 Å². The number of carbonyl (C=O) groups is 2. The summed E-state index contributed by atoms with van der Waals surface area (Å²) >= 11 is 2.21. The summed E-state index contributed by atoms with van der Waals surface area (Å²) in [5.74, 6) is 0.406. The Morgan fingerprint density at radius 2 is 1.75 bits per heavy atom. The van der Waals surface area contributed by atoms with Gasteiger partial charge in [0.25, 0.3) is 0 Å². The predicted molar refractivity (Wildman–Crippen MR) is 172 cm³/mol. The van der Waals surface area contributed by atoms with Crippen molar-refractivity contribution in [1.82, 2.24) is 10.6 Å². The van der Waals surface area contributed by atoms with Gasteiger partial charge in [-0.25, -0.2) is 0 Å². The molecule has 4 N–H and O–H groups in total. The summed E-state index contributed by atoms with van der Waals surface area (Å²) in [6.45, 7) is 14.0. The number of nitrogens with two attached hydrogens (primary N) is 1. The highest BCUT2D eigenvalue weighted by Crippen LogP contribution is 2.36. The topological polar surface area (TPSA) is 84.2 Å². The molecule has 1 rings (SSSR count). The van der Waals surface area contributed by atoms with Gasteiger partial charge in [0.15, 0.2) is 0 Å². The third kappa shape index (κ3) is 13.8. The zero-order valence-electron chi connectivity index (χ0n) is 23.2. The molecular weight excluding hydrogens is 676 g/mol. The lowest BCUT2D eigenvalue weighted by molar-refractivity contribution is -0.129. The van der Waals surface area contributed by atoms with Crippen LogP contribution >= 0.6 is 43.3 Å². The Morgan fingerprint density at radius 1 is 1.08 bits per heavy atom. The fourth-order valence-electron chi connectivity index (χ4n) is 4.38. The van der Waals surface area contributed by atoms with Gasteiger partial charge in [0, 0.05) is 30.9 Å². The summed E-state index contributed by atoms with van der Waals surface area (Å²) in [7, 11) is 0. The van der Waals surface area contributed by atoms with Gasteiger partial charge >= 0.3 is 0 Å². The largest absolute Gasteiger partial charge is 0.350 e. The number of alkyl halides is 1. The fraction of sp³-hybridized carbons (Fsp3) is 0.690. The molecule has 0 bridgehead atoms. The second kappa shape index (κ2) is 17.9. The van der Waals surface area contributed by atoms with E-state index in [1.165, 1.54) is 33.6 Å². The van der Waals surface area contributed by atoms with Crippen LogP contribution in [0, 0.1) is 11.3 Å². The molecule has 1 aromatic rings. The van der Waals surface area contributed by atoms with Crippen molar-refractivity contribution >= 4 is 56.7 Å². The number of hydrogen-bond donors (Lipinski definition) is 3. The van der Waals surface area contributed by atoms with Crippen LogP contribution in [0.5, 0.6) is 0 Å². The molecule has 5 nitrogen and oxygen atoms in total. The first-order valence-electron chi connectivity index (χ1n) is 13.5. The number of carbonyl (C=O) groups excluding carboxylic acids is 2. The van der Waals surface area contributed by atoms with Crippen molar-refractivity contribution in [2.75, 3.05) is 6.54 Å². The summed E-state index contributed by atoms with van der Waals surface area (Å²) < 4.78 is 1.96. The average molecular weight is 726 g/mol. The molecule has 4 atom stereocenters. The van der Waals surface area contributed by atoms with Crippen molar-refractivity contribution in [1.29, 1.82) is 0 Å². The van der Waals surface area contributed by atoms with Crippen LogP contribution in [0.4, 0.5) is 0 Å². The Balaban J connectivity index is 2.83. The van der Waals surface area contributed by atoms with Crippen molar-refractivity contribution in [3.05, 3.63) is 35.9 Å². The van der Waals surface area contributed by atoms with Gasteiger partial charge in [0.2, 0.25) is 11.8 Å². The highest BCUT2D eigenvalue weighted by Gasteiger charge is 2.26. The van der Waals surface area contributed by atoms with E-state index >= 15 is 0 Å². The Labute approximate surface area is 243 Å². The van der Waals surface area contributed by atoms with Gasteiger partial charge in [-0.2, -0.15) is 0 Å². The van der Waals surface area contributed by atoms with Gasteiger partial charge in [0.05, 0.1) is 0 Å². The normalized spacial score (nSPS) is 15.8. The molecule has 0 saturated carbocycles. The van der Waals surface area contributed by atoms with E-state index in [1.54, 1.807) is 0 Å². The average Bonchev–Trinajstić information content (AvgIpc) is 2.83. The lowest BCUT2D eigenvalue weighted by Crippen LogP contribution is -2.52. The van der Waals surface area contributed by atoms with Crippen molar-refractivity contribution < 1.29 is 9.59 Å². The molecular formula is C29H49I2N3O2. The van der Waals surface area contributed by atoms with Gasteiger partial charge in [-0.1, -0.05) is 91.1 Å². The first kappa shape index (κ1) is 33.5. The first-order chi connectivity index (χ1) is 17.0. The number of rotatable bonds is 17. The summed E-state index contributed by atoms with van der Waals surface area (Å²) in [5, 5.41) is 6.06. The number of benzene rings is 1. The highest BCUT2D eigenvalue weighted by molar-refractivity contribution is 14.2. The molecule has 0 radical (unpaired) electrons. The van der Waals surface area contributed by atoms with Crippen LogP contribution in [0.3, 0.4) is 0 Å². The second-order valence-corrected chi connectivity index (χ2v) is 18.0. The van der Waals surface area contributed by atoms with Gasteiger partial charge in [-0.05, 0) is 58.7 Å². The van der Waals surface area contributed by atoms with Crippen LogP contribution in [0.1, 0.15) is 92.1 Å². The minimum atomic E-state index is -0.554. The van der Waals surface area contributed by atoms with Crippen LogP contribution in [-0.4, -0.2) is 35.9 Å². The monoisotopic (exact) mass is 725 g/mol. The van der Waals surface area contributed by atoms with E-state index in [1.807, 2.05) is 37.3 Å². The molecule has 206 valence electrons. The van der Waals surface area contributed by atoms with Gasteiger partial charge < -0.3 is 16.4 Å². The van der Waals surface area contributed by atoms with Crippen LogP contribution in [0.15, 0.2) is 30.3 Å². The molecule has 0 spiro atoms. The smallest absolute Gasteiger partial charge is 0.243 e. The van der Waals surface area contributed by atoms with E-state index in [0.29, 0.717) is 41.1 Å². The van der Waals surface area contributed by atoms with E-state index in [9.17, 15) is 9.59 Å². The third-order valence-electron chi connectivity index (χ3n) is 6.69. The molecule has 1 aromatic carbocycles. The van der Waals surface area contributed by atoms with Crippen LogP contribution < -0.4 is 16.4 Å². The van der Waals surface area contributed by atoms with E-state index in [4.69, 9.17) is 5.73 Å². The quantitative estimate of drug-likeness (QED) is 0.0973. The predicted octanol–water partition coefficient (Wildman–Crippen LogP) is 6.51. The maximum atomic E-state index is 13.2. The van der Waals surface area contributed by atoms with Crippen LogP contribution in [-0.2, 0) is 16.0 Å². The number of amides is 2. The number of nitrogens with one attached hydrogen (secondary N) is 2. The van der Waals surface area contributed by atoms with Crippen molar-refractivity contribution in [2.45, 2.75) is 109 Å². The molecule has 0 aromatic heterocycles. The summed E-state index contributed by atoms with van der Waals surface area (Å²) in [5.41, 5.74) is 7.48. The Hall–Kier alpha value is -0.550. The van der Waals surface area contributed by atoms with Gasteiger partial charge in [-0.3, -0.25) is 9.59 Å². The van der Waals surface area contributed by atoms with E-state index in [-0.39, 0.29) is 38.6 Å². The van der Waals surface area contributed by atoms with Crippen molar-refractivity contribution in [2.24, 2.45) is 17.1 Å². The molecule has 1 unspecified atom stereocenters. The summed E-state index contributed by atoms with van der Waals surface area (Å²) in [6.07, 6.45) is 8.03. The van der Waals surface area contributed by atoms with Crippen molar-refractivity contribution in [3.63, 3.8) is 0 Å². The van der Waals surface area contributed by atoms with E-state index in [0.717, 1.165) is 5.56 Å². The lowest BCUT2D eigenvalue weighted by Gasteiger charge is -2.30. The van der Waals surface area contributed by atoms with E-state index < -0.39 is 6.04 Å². The molecule has 0 aliphatic heterocycles. The Bertz CT molecular complexity index is 814. The molecule has 7 heteroatoms.